The first kappa shape index (κ1) is 19.3. The number of nitrogens with zero attached hydrogens (tertiary/aromatic N) is 2. The minimum Gasteiger partial charge on any atom is -0.493 e. The fourth-order valence-corrected chi connectivity index (χ4v) is 2.71. The van der Waals surface area contributed by atoms with Crippen LogP contribution in [0.25, 0.3) is 0 Å². The maximum Gasteiger partial charge on any atom is 0.387 e. The maximum absolute atomic E-state index is 12.6. The molecule has 28 heavy (non-hydrogen) atoms. The summed E-state index contributed by atoms with van der Waals surface area (Å²) in [5.41, 5.74) is 2.03. The number of hydrogen-bond donors (Lipinski definition) is 1. The predicted octanol–water partition coefficient (Wildman–Crippen LogP) is 4.10. The molecule has 6 nitrogen and oxygen atoms in total. The number of methoxy groups -OCH3 is 1. The summed E-state index contributed by atoms with van der Waals surface area (Å²) < 4.78 is 36.0. The topological polar surface area (TPSA) is 65.4 Å². The van der Waals surface area contributed by atoms with Gasteiger partial charge in [0.1, 0.15) is 5.82 Å². The number of carbonyl (C=O) groups excluding carboxylic acids is 1. The van der Waals surface area contributed by atoms with Gasteiger partial charge < -0.3 is 14.8 Å². The van der Waals surface area contributed by atoms with E-state index in [-0.39, 0.29) is 17.1 Å². The number of aromatic nitrogens is 2. The van der Waals surface area contributed by atoms with Gasteiger partial charge in [0.05, 0.1) is 19.3 Å². The Kier molecular flexibility index (Phi) is 5.88. The summed E-state index contributed by atoms with van der Waals surface area (Å²) in [6.07, 6.45) is 0. The number of aryl methyl sites for hydroxylation is 1. The van der Waals surface area contributed by atoms with Crippen LogP contribution in [-0.4, -0.2) is 29.4 Å². The summed E-state index contributed by atoms with van der Waals surface area (Å²) in [6.45, 7) is -0.658. The number of benzene rings is 2. The molecule has 0 unspecified atom stereocenters. The van der Waals surface area contributed by atoms with Crippen molar-refractivity contribution in [2.45, 2.75) is 20.1 Å². The van der Waals surface area contributed by atoms with Crippen molar-refractivity contribution >= 4 is 11.7 Å². The van der Waals surface area contributed by atoms with Gasteiger partial charge in [-0.2, -0.15) is 13.9 Å². The molecule has 0 saturated carbocycles. The minimum atomic E-state index is -2.98. The number of carbonyl (C=O) groups is 1. The summed E-state index contributed by atoms with van der Waals surface area (Å²) in [5, 5.41) is 7.20. The molecule has 0 saturated heterocycles. The molecule has 146 valence electrons. The minimum absolute atomic E-state index is 0.0434. The third kappa shape index (κ3) is 4.64. The van der Waals surface area contributed by atoms with Crippen LogP contribution in [0.5, 0.6) is 11.5 Å². The highest BCUT2D eigenvalue weighted by Crippen LogP contribution is 2.29. The molecular weight excluding hydrogens is 368 g/mol. The Morgan fingerprint density at radius 1 is 1.14 bits per heavy atom. The summed E-state index contributed by atoms with van der Waals surface area (Å²) in [6, 6.07) is 15.5. The molecule has 1 amide bonds. The van der Waals surface area contributed by atoms with Crippen molar-refractivity contribution in [1.82, 2.24) is 9.78 Å². The molecule has 1 heterocycles. The fourth-order valence-electron chi connectivity index (χ4n) is 2.71. The first-order chi connectivity index (χ1) is 13.5. The number of rotatable bonds is 7. The van der Waals surface area contributed by atoms with Crippen molar-refractivity contribution in [3.8, 4) is 11.5 Å². The molecule has 0 atom stereocenters. The fraction of sp³-hybridized carbons (Fsp3) is 0.200. The molecule has 0 radical (unpaired) electrons. The third-order valence-electron chi connectivity index (χ3n) is 3.96. The molecule has 2 aromatic carbocycles. The largest absolute Gasteiger partial charge is 0.493 e. The highest BCUT2D eigenvalue weighted by molar-refractivity contribution is 6.04. The number of nitrogens with one attached hydrogen (secondary N) is 1. The Morgan fingerprint density at radius 2 is 1.89 bits per heavy atom. The zero-order chi connectivity index (χ0) is 20.1. The summed E-state index contributed by atoms with van der Waals surface area (Å²) in [5.74, 6) is 0.00951. The number of hydrogen-bond acceptors (Lipinski definition) is 4. The van der Waals surface area contributed by atoms with Gasteiger partial charge in [0.25, 0.3) is 5.91 Å². The maximum atomic E-state index is 12.6. The van der Waals surface area contributed by atoms with Gasteiger partial charge in [-0.3, -0.25) is 4.79 Å². The Morgan fingerprint density at radius 3 is 2.57 bits per heavy atom. The molecule has 3 aromatic rings. The lowest BCUT2D eigenvalue weighted by Gasteiger charge is -2.12. The van der Waals surface area contributed by atoms with Crippen LogP contribution in [-0.2, 0) is 6.54 Å². The lowest BCUT2D eigenvalue weighted by Crippen LogP contribution is -2.16. The van der Waals surface area contributed by atoms with E-state index >= 15 is 0 Å². The van der Waals surface area contributed by atoms with E-state index in [9.17, 15) is 13.6 Å². The molecule has 0 aliphatic rings. The first-order valence-electron chi connectivity index (χ1n) is 8.49. The van der Waals surface area contributed by atoms with Gasteiger partial charge in [-0.25, -0.2) is 4.68 Å². The monoisotopic (exact) mass is 387 g/mol. The van der Waals surface area contributed by atoms with Crippen LogP contribution in [0.1, 0.15) is 21.6 Å². The highest BCUT2D eigenvalue weighted by Gasteiger charge is 2.16. The molecule has 0 spiro atoms. The van der Waals surface area contributed by atoms with Crippen LogP contribution >= 0.6 is 0 Å². The average Bonchev–Trinajstić information content (AvgIpc) is 3.01. The molecule has 1 aromatic heterocycles. The van der Waals surface area contributed by atoms with Gasteiger partial charge in [-0.15, -0.1) is 0 Å². The van der Waals surface area contributed by atoms with E-state index in [2.05, 4.69) is 15.2 Å². The van der Waals surface area contributed by atoms with Crippen LogP contribution in [0, 0.1) is 6.92 Å². The molecule has 0 fully saturated rings. The van der Waals surface area contributed by atoms with E-state index < -0.39 is 12.5 Å². The van der Waals surface area contributed by atoms with Crippen molar-refractivity contribution in [3.05, 3.63) is 71.4 Å². The Hall–Kier alpha value is -3.42. The van der Waals surface area contributed by atoms with Gasteiger partial charge in [-0.1, -0.05) is 30.3 Å². The molecule has 1 N–H and O–H groups in total. The Bertz CT molecular complexity index is 959. The second-order valence-electron chi connectivity index (χ2n) is 6.01. The van der Waals surface area contributed by atoms with Gasteiger partial charge in [0, 0.05) is 11.6 Å². The average molecular weight is 387 g/mol. The zero-order valence-electron chi connectivity index (χ0n) is 15.4. The lowest BCUT2D eigenvalue weighted by atomic mass is 10.2. The summed E-state index contributed by atoms with van der Waals surface area (Å²) in [4.78, 5) is 12.6. The summed E-state index contributed by atoms with van der Waals surface area (Å²) >= 11 is 0. The molecule has 0 aliphatic carbocycles. The van der Waals surface area contributed by atoms with E-state index in [0.717, 1.165) is 11.3 Å². The molecule has 0 aliphatic heterocycles. The molecular formula is C20H19F2N3O3. The smallest absolute Gasteiger partial charge is 0.387 e. The van der Waals surface area contributed by atoms with Crippen molar-refractivity contribution in [2.75, 3.05) is 12.4 Å². The second-order valence-corrected chi connectivity index (χ2v) is 6.01. The van der Waals surface area contributed by atoms with E-state index in [0.29, 0.717) is 12.4 Å². The Labute approximate surface area is 160 Å². The standard InChI is InChI=1S/C20H19F2N3O3/c1-13-10-18(25(24-13)12-14-6-4-3-5-7-14)23-19(26)15-8-9-16(28-20(21)22)17(11-15)27-2/h3-11,20H,12H2,1-2H3,(H,23,26). The Balaban J connectivity index is 1.80. The number of amides is 1. The quantitative estimate of drug-likeness (QED) is 0.663. The van der Waals surface area contributed by atoms with Gasteiger partial charge in [-0.05, 0) is 30.7 Å². The zero-order valence-corrected chi connectivity index (χ0v) is 15.4. The van der Waals surface area contributed by atoms with E-state index in [1.807, 2.05) is 37.3 Å². The van der Waals surface area contributed by atoms with Crippen LogP contribution in [0.4, 0.5) is 14.6 Å². The molecule has 3 rings (SSSR count). The van der Waals surface area contributed by atoms with Crippen LogP contribution < -0.4 is 14.8 Å². The third-order valence-corrected chi connectivity index (χ3v) is 3.96. The van der Waals surface area contributed by atoms with Gasteiger partial charge in [0.15, 0.2) is 11.5 Å². The van der Waals surface area contributed by atoms with Crippen molar-refractivity contribution in [3.63, 3.8) is 0 Å². The summed E-state index contributed by atoms with van der Waals surface area (Å²) in [7, 11) is 1.31. The van der Waals surface area contributed by atoms with Crippen LogP contribution in [0.3, 0.4) is 0 Å². The van der Waals surface area contributed by atoms with Crippen molar-refractivity contribution < 1.29 is 23.0 Å². The number of halogens is 2. The van der Waals surface area contributed by atoms with Crippen molar-refractivity contribution in [1.29, 1.82) is 0 Å². The van der Waals surface area contributed by atoms with Crippen LogP contribution in [0.2, 0.25) is 0 Å². The SMILES string of the molecule is COc1cc(C(=O)Nc2cc(C)nn2Cc2ccccc2)ccc1OC(F)F. The van der Waals surface area contributed by atoms with Gasteiger partial charge in [0.2, 0.25) is 0 Å². The van der Waals surface area contributed by atoms with Crippen LogP contribution in [0.15, 0.2) is 54.6 Å². The lowest BCUT2D eigenvalue weighted by molar-refractivity contribution is -0.0512. The first-order valence-corrected chi connectivity index (χ1v) is 8.49. The van der Waals surface area contributed by atoms with E-state index in [4.69, 9.17) is 4.74 Å². The number of alkyl halides is 2. The molecule has 8 heteroatoms. The second kappa shape index (κ2) is 8.51. The van der Waals surface area contributed by atoms with E-state index in [1.165, 1.54) is 25.3 Å². The number of ether oxygens (including phenoxy) is 2. The molecule has 0 bridgehead atoms. The number of anilines is 1. The highest BCUT2D eigenvalue weighted by atomic mass is 19.3. The normalized spacial score (nSPS) is 10.8. The van der Waals surface area contributed by atoms with E-state index in [1.54, 1.807) is 10.7 Å². The van der Waals surface area contributed by atoms with Crippen molar-refractivity contribution in [2.24, 2.45) is 0 Å². The van der Waals surface area contributed by atoms with Gasteiger partial charge >= 0.3 is 6.61 Å². The predicted molar refractivity (Wildman–Crippen MR) is 100 cm³/mol.